The Kier molecular flexibility index (Phi) is 6.06. The van der Waals surface area contributed by atoms with Gasteiger partial charge in [0.25, 0.3) is 5.91 Å². The van der Waals surface area contributed by atoms with Crippen molar-refractivity contribution in [3.05, 3.63) is 72.4 Å². The molecule has 0 radical (unpaired) electrons. The summed E-state index contributed by atoms with van der Waals surface area (Å²) in [5.74, 6) is -0.0324. The lowest BCUT2D eigenvalue weighted by Crippen LogP contribution is -3.13. The highest BCUT2D eigenvalue weighted by Gasteiger charge is 2.25. The van der Waals surface area contributed by atoms with Crippen molar-refractivity contribution in [2.45, 2.75) is 32.2 Å². The number of carbonyl (C=O) groups excluding carboxylic acids is 1. The zero-order valence-corrected chi connectivity index (χ0v) is 17.0. The van der Waals surface area contributed by atoms with E-state index in [2.05, 4.69) is 12.2 Å². The average Bonchev–Trinajstić information content (AvgIpc) is 3.22. The number of amides is 1. The van der Waals surface area contributed by atoms with Gasteiger partial charge in [0.2, 0.25) is 0 Å². The summed E-state index contributed by atoms with van der Waals surface area (Å²) < 4.78 is 1.80. The molecule has 3 aromatic rings. The minimum absolute atomic E-state index is 0.0324. The van der Waals surface area contributed by atoms with Gasteiger partial charge in [-0.2, -0.15) is 5.10 Å². The van der Waals surface area contributed by atoms with Gasteiger partial charge in [-0.15, -0.1) is 0 Å². The van der Waals surface area contributed by atoms with E-state index in [1.54, 1.807) is 9.58 Å². The topological polar surface area (TPSA) is 51.4 Å². The quantitative estimate of drug-likeness (QED) is 0.681. The summed E-state index contributed by atoms with van der Waals surface area (Å²) in [5, 5.41) is 8.02. The summed E-state index contributed by atoms with van der Waals surface area (Å²) in [6.07, 6.45) is 5.14. The number of nitrogens with zero attached hydrogens (tertiary/aromatic N) is 2. The fourth-order valence-corrected chi connectivity index (χ4v) is 4.10. The van der Waals surface area contributed by atoms with Gasteiger partial charge in [0.05, 0.1) is 30.9 Å². The summed E-state index contributed by atoms with van der Waals surface area (Å²) in [6.45, 7) is 5.72. The number of para-hydroxylation sites is 1. The molecule has 150 valence electrons. The van der Waals surface area contributed by atoms with Crippen LogP contribution >= 0.6 is 0 Å². The van der Waals surface area contributed by atoms with E-state index in [0.29, 0.717) is 5.56 Å². The molecule has 1 amide bonds. The Balaban J connectivity index is 1.57. The van der Waals surface area contributed by atoms with Gasteiger partial charge in [0.1, 0.15) is 5.69 Å². The number of carbonyl (C=O) groups is 1. The van der Waals surface area contributed by atoms with Crippen LogP contribution in [0.15, 0.2) is 66.9 Å². The minimum Gasteiger partial charge on any atom is -0.349 e. The number of nitrogens with one attached hydrogen (secondary N) is 2. The van der Waals surface area contributed by atoms with Crippen LogP contribution in [0.25, 0.3) is 16.9 Å². The predicted molar refractivity (Wildman–Crippen MR) is 115 cm³/mol. The van der Waals surface area contributed by atoms with Crippen LogP contribution in [-0.4, -0.2) is 41.4 Å². The van der Waals surface area contributed by atoms with Crippen molar-refractivity contribution in [3.63, 3.8) is 0 Å². The SMILES string of the molecule is CCC[NH+]1CCC(NC(=O)c2cn(-c3ccccc3)nc2-c2ccccc2)CC1. The van der Waals surface area contributed by atoms with E-state index in [1.165, 1.54) is 13.0 Å². The van der Waals surface area contributed by atoms with Crippen LogP contribution in [0, 0.1) is 0 Å². The molecule has 5 heteroatoms. The summed E-state index contributed by atoms with van der Waals surface area (Å²) >= 11 is 0. The van der Waals surface area contributed by atoms with E-state index in [1.807, 2.05) is 66.9 Å². The van der Waals surface area contributed by atoms with Crippen LogP contribution in [0.2, 0.25) is 0 Å². The van der Waals surface area contributed by atoms with E-state index >= 15 is 0 Å². The molecule has 2 aromatic carbocycles. The lowest BCUT2D eigenvalue weighted by molar-refractivity contribution is -0.905. The van der Waals surface area contributed by atoms with Gasteiger partial charge in [0, 0.05) is 30.6 Å². The van der Waals surface area contributed by atoms with E-state index < -0.39 is 0 Å². The summed E-state index contributed by atoms with van der Waals surface area (Å²) in [7, 11) is 0. The zero-order valence-electron chi connectivity index (χ0n) is 17.0. The number of benzene rings is 2. The smallest absolute Gasteiger partial charge is 0.255 e. The van der Waals surface area contributed by atoms with Gasteiger partial charge in [-0.25, -0.2) is 4.68 Å². The zero-order chi connectivity index (χ0) is 20.1. The van der Waals surface area contributed by atoms with Crippen LogP contribution in [0.5, 0.6) is 0 Å². The summed E-state index contributed by atoms with van der Waals surface area (Å²) in [4.78, 5) is 14.8. The van der Waals surface area contributed by atoms with Gasteiger partial charge in [0.15, 0.2) is 0 Å². The molecular formula is C24H29N4O+. The first kappa shape index (κ1) is 19.4. The van der Waals surface area contributed by atoms with Crippen molar-refractivity contribution in [1.29, 1.82) is 0 Å². The van der Waals surface area contributed by atoms with Gasteiger partial charge < -0.3 is 10.2 Å². The number of hydrogen-bond acceptors (Lipinski definition) is 2. The van der Waals surface area contributed by atoms with Gasteiger partial charge in [-0.05, 0) is 18.6 Å². The standard InChI is InChI=1S/C24H28N4O/c1-2-15-27-16-13-20(14-17-27)25-24(29)22-18-28(21-11-7-4-8-12-21)26-23(22)19-9-5-3-6-10-19/h3-12,18,20H,2,13-17H2,1H3,(H,25,29)/p+1. The first-order valence-corrected chi connectivity index (χ1v) is 10.6. The molecule has 1 aromatic heterocycles. The summed E-state index contributed by atoms with van der Waals surface area (Å²) in [6, 6.07) is 20.1. The van der Waals surface area contributed by atoms with Crippen molar-refractivity contribution in [2.75, 3.05) is 19.6 Å². The molecule has 1 saturated heterocycles. The first-order valence-electron chi connectivity index (χ1n) is 10.6. The molecule has 0 atom stereocenters. The molecule has 0 aliphatic carbocycles. The Morgan fingerprint density at radius 1 is 1.07 bits per heavy atom. The molecule has 29 heavy (non-hydrogen) atoms. The highest BCUT2D eigenvalue weighted by Crippen LogP contribution is 2.24. The molecule has 0 bridgehead atoms. The Hall–Kier alpha value is -2.92. The molecule has 4 rings (SSSR count). The molecule has 1 aliphatic rings. The van der Waals surface area contributed by atoms with E-state index in [-0.39, 0.29) is 11.9 Å². The molecule has 1 aliphatic heterocycles. The number of rotatable bonds is 6. The maximum absolute atomic E-state index is 13.2. The number of piperidine rings is 1. The van der Waals surface area contributed by atoms with Crippen LogP contribution in [0.1, 0.15) is 36.5 Å². The highest BCUT2D eigenvalue weighted by molar-refractivity contribution is 6.00. The molecule has 0 spiro atoms. The van der Waals surface area contributed by atoms with Crippen molar-refractivity contribution < 1.29 is 9.69 Å². The third-order valence-corrected chi connectivity index (χ3v) is 5.66. The van der Waals surface area contributed by atoms with Crippen LogP contribution in [-0.2, 0) is 0 Å². The van der Waals surface area contributed by atoms with Crippen LogP contribution in [0.4, 0.5) is 0 Å². The number of hydrogen-bond donors (Lipinski definition) is 2. The van der Waals surface area contributed by atoms with E-state index in [4.69, 9.17) is 5.10 Å². The third-order valence-electron chi connectivity index (χ3n) is 5.66. The van der Waals surface area contributed by atoms with Crippen LogP contribution in [0.3, 0.4) is 0 Å². The lowest BCUT2D eigenvalue weighted by atomic mass is 10.0. The Morgan fingerprint density at radius 2 is 1.72 bits per heavy atom. The fraction of sp³-hybridized carbons (Fsp3) is 0.333. The second-order valence-corrected chi connectivity index (χ2v) is 7.79. The maximum atomic E-state index is 13.2. The second-order valence-electron chi connectivity index (χ2n) is 7.79. The largest absolute Gasteiger partial charge is 0.349 e. The van der Waals surface area contributed by atoms with Crippen molar-refractivity contribution in [1.82, 2.24) is 15.1 Å². The average molecular weight is 390 g/mol. The molecule has 0 saturated carbocycles. The Morgan fingerprint density at radius 3 is 2.38 bits per heavy atom. The number of quaternary nitrogens is 1. The molecular weight excluding hydrogens is 360 g/mol. The number of aromatic nitrogens is 2. The van der Waals surface area contributed by atoms with Crippen molar-refractivity contribution >= 4 is 5.91 Å². The molecule has 5 nitrogen and oxygen atoms in total. The molecule has 1 fully saturated rings. The third kappa shape index (κ3) is 4.57. The molecule has 2 heterocycles. The monoisotopic (exact) mass is 389 g/mol. The van der Waals surface area contributed by atoms with Crippen LogP contribution < -0.4 is 10.2 Å². The lowest BCUT2D eigenvalue weighted by Gasteiger charge is -2.29. The van der Waals surface area contributed by atoms with E-state index in [0.717, 1.165) is 42.9 Å². The normalized spacial score (nSPS) is 19.1. The summed E-state index contributed by atoms with van der Waals surface area (Å²) in [5.41, 5.74) is 3.25. The molecule has 0 unspecified atom stereocenters. The maximum Gasteiger partial charge on any atom is 0.255 e. The van der Waals surface area contributed by atoms with Gasteiger partial charge in [-0.1, -0.05) is 55.5 Å². The van der Waals surface area contributed by atoms with Crippen molar-refractivity contribution in [2.24, 2.45) is 0 Å². The van der Waals surface area contributed by atoms with Gasteiger partial charge in [-0.3, -0.25) is 4.79 Å². The van der Waals surface area contributed by atoms with Gasteiger partial charge >= 0.3 is 0 Å². The minimum atomic E-state index is -0.0324. The Bertz CT molecular complexity index is 928. The second kappa shape index (κ2) is 9.05. The van der Waals surface area contributed by atoms with Crippen molar-refractivity contribution in [3.8, 4) is 16.9 Å². The highest BCUT2D eigenvalue weighted by atomic mass is 16.1. The molecule has 2 N–H and O–H groups in total. The first-order chi connectivity index (χ1) is 14.2. The predicted octanol–water partition coefficient (Wildman–Crippen LogP) is 2.73. The van der Waals surface area contributed by atoms with E-state index in [9.17, 15) is 4.79 Å². The number of likely N-dealkylation sites (tertiary alicyclic amines) is 1. The fourth-order valence-electron chi connectivity index (χ4n) is 4.10. The Labute approximate surface area is 172 Å².